The third kappa shape index (κ3) is 1.61. The van der Waals surface area contributed by atoms with E-state index in [1.165, 1.54) is 28.2 Å². The van der Waals surface area contributed by atoms with Crippen LogP contribution in [0.3, 0.4) is 0 Å². The summed E-state index contributed by atoms with van der Waals surface area (Å²) in [5.74, 6) is 0. The van der Waals surface area contributed by atoms with E-state index in [4.69, 9.17) is 0 Å². The van der Waals surface area contributed by atoms with Crippen molar-refractivity contribution in [3.63, 3.8) is 0 Å². The van der Waals surface area contributed by atoms with Gasteiger partial charge in [0, 0.05) is 28.2 Å². The zero-order valence-corrected chi connectivity index (χ0v) is 12.2. The number of benzene rings is 2. The molecule has 0 amide bonds. The van der Waals surface area contributed by atoms with E-state index in [0.29, 0.717) is 0 Å². The van der Waals surface area contributed by atoms with Crippen molar-refractivity contribution in [3.05, 3.63) is 44.4 Å². The van der Waals surface area contributed by atoms with Gasteiger partial charge in [-0.25, -0.2) is 0 Å². The van der Waals surface area contributed by atoms with Crippen LogP contribution in [-0.2, 0) is 0 Å². The molecule has 0 bridgehead atoms. The summed E-state index contributed by atoms with van der Waals surface area (Å²) in [6.07, 6.45) is 0. The summed E-state index contributed by atoms with van der Waals surface area (Å²) in [4.78, 5) is 0. The Labute approximate surface area is 114 Å². The van der Waals surface area contributed by atoms with Gasteiger partial charge in [-0.05, 0) is 56.7 Å². The Morgan fingerprint density at radius 3 is 2.67 bits per heavy atom. The van der Waals surface area contributed by atoms with E-state index in [2.05, 4.69) is 74.9 Å². The molecule has 0 unspecified atom stereocenters. The monoisotopic (exact) mass is 388 g/mol. The lowest BCUT2D eigenvalue weighted by Crippen LogP contribution is -1.73. The molecule has 0 spiro atoms. The van der Waals surface area contributed by atoms with Crippen molar-refractivity contribution >= 4 is 70.0 Å². The van der Waals surface area contributed by atoms with E-state index in [-0.39, 0.29) is 0 Å². The molecule has 0 aliphatic carbocycles. The van der Waals surface area contributed by atoms with Crippen LogP contribution in [0.2, 0.25) is 0 Å². The molecule has 0 saturated carbocycles. The van der Waals surface area contributed by atoms with Crippen LogP contribution >= 0.6 is 49.9 Å². The van der Waals surface area contributed by atoms with Crippen LogP contribution < -0.4 is 0 Å². The summed E-state index contributed by atoms with van der Waals surface area (Å²) >= 11 is 7.80. The predicted molar refractivity (Wildman–Crippen MR) is 79.7 cm³/mol. The number of hydrogen-bond acceptors (Lipinski definition) is 1. The second-order valence-electron chi connectivity index (χ2n) is 3.36. The summed E-state index contributed by atoms with van der Waals surface area (Å²) in [7, 11) is 0. The summed E-state index contributed by atoms with van der Waals surface area (Å²) in [6, 6.07) is 13.0. The molecule has 0 saturated heterocycles. The second kappa shape index (κ2) is 3.71. The van der Waals surface area contributed by atoms with E-state index in [0.717, 1.165) is 0 Å². The highest BCUT2D eigenvalue weighted by Gasteiger charge is 2.06. The van der Waals surface area contributed by atoms with Gasteiger partial charge in [0.1, 0.15) is 0 Å². The van der Waals surface area contributed by atoms with Gasteiger partial charge in [0.05, 0.1) is 0 Å². The summed E-state index contributed by atoms with van der Waals surface area (Å²) in [5.41, 5.74) is 0. The standard InChI is InChI=1S/C12H6BrIS/c13-9-5-8-7-3-1-2-4-11(7)15-12(8)6-10(9)14/h1-6H. The number of thiophene rings is 1. The molecular formula is C12H6BrIS. The normalized spacial score (nSPS) is 11.3. The first-order valence-corrected chi connectivity index (χ1v) is 7.21. The van der Waals surface area contributed by atoms with Gasteiger partial charge < -0.3 is 0 Å². The van der Waals surface area contributed by atoms with Crippen molar-refractivity contribution in [2.75, 3.05) is 0 Å². The van der Waals surface area contributed by atoms with Crippen LogP contribution in [0.25, 0.3) is 20.2 Å². The molecule has 0 aliphatic rings. The van der Waals surface area contributed by atoms with Crippen molar-refractivity contribution in [2.45, 2.75) is 0 Å². The first kappa shape index (κ1) is 10.1. The molecule has 3 rings (SSSR count). The number of rotatable bonds is 0. The summed E-state index contributed by atoms with van der Waals surface area (Å²) in [6.45, 7) is 0. The minimum atomic E-state index is 1.18. The van der Waals surface area contributed by atoms with Crippen LogP contribution in [0.4, 0.5) is 0 Å². The Morgan fingerprint density at radius 1 is 1.00 bits per heavy atom. The van der Waals surface area contributed by atoms with Crippen molar-refractivity contribution in [1.29, 1.82) is 0 Å². The predicted octanol–water partition coefficient (Wildman–Crippen LogP) is 5.42. The van der Waals surface area contributed by atoms with Crippen molar-refractivity contribution < 1.29 is 0 Å². The summed E-state index contributed by atoms with van der Waals surface area (Å²) in [5, 5.41) is 2.71. The Bertz CT molecular complexity index is 657. The van der Waals surface area contributed by atoms with E-state index < -0.39 is 0 Å². The fraction of sp³-hybridized carbons (Fsp3) is 0. The highest BCUT2D eigenvalue weighted by atomic mass is 127. The minimum Gasteiger partial charge on any atom is -0.135 e. The highest BCUT2D eigenvalue weighted by molar-refractivity contribution is 14.1. The van der Waals surface area contributed by atoms with Crippen molar-refractivity contribution in [2.24, 2.45) is 0 Å². The number of hydrogen-bond donors (Lipinski definition) is 0. The fourth-order valence-corrected chi connectivity index (χ4v) is 3.87. The second-order valence-corrected chi connectivity index (χ2v) is 6.46. The molecule has 3 heteroatoms. The SMILES string of the molecule is Brc1cc2c(cc1I)sc1ccccc12. The Kier molecular flexibility index (Phi) is 2.49. The third-order valence-electron chi connectivity index (χ3n) is 2.42. The van der Waals surface area contributed by atoms with Crippen LogP contribution in [0.15, 0.2) is 40.9 Å². The van der Waals surface area contributed by atoms with Gasteiger partial charge in [0.15, 0.2) is 0 Å². The lowest BCUT2D eigenvalue weighted by atomic mass is 10.2. The minimum absolute atomic E-state index is 1.18. The molecule has 0 N–H and O–H groups in total. The zero-order valence-electron chi connectivity index (χ0n) is 7.63. The van der Waals surface area contributed by atoms with Gasteiger partial charge in [-0.3, -0.25) is 0 Å². The van der Waals surface area contributed by atoms with Gasteiger partial charge in [-0.2, -0.15) is 0 Å². The number of fused-ring (bicyclic) bond motifs is 3. The molecule has 1 aromatic heterocycles. The molecule has 0 nitrogen and oxygen atoms in total. The van der Waals surface area contributed by atoms with Crippen LogP contribution in [0.1, 0.15) is 0 Å². The van der Waals surface area contributed by atoms with Gasteiger partial charge in [-0.15, -0.1) is 11.3 Å². The highest BCUT2D eigenvalue weighted by Crippen LogP contribution is 2.36. The molecule has 1 heterocycles. The van der Waals surface area contributed by atoms with Gasteiger partial charge >= 0.3 is 0 Å². The third-order valence-corrected chi connectivity index (χ3v) is 5.84. The Hall–Kier alpha value is -0.130. The average molecular weight is 389 g/mol. The molecule has 0 atom stereocenters. The molecule has 15 heavy (non-hydrogen) atoms. The smallest absolute Gasteiger partial charge is 0.0366 e. The largest absolute Gasteiger partial charge is 0.135 e. The fourth-order valence-electron chi connectivity index (χ4n) is 1.72. The van der Waals surface area contributed by atoms with Crippen LogP contribution in [0.5, 0.6) is 0 Å². The quantitative estimate of drug-likeness (QED) is 0.451. The molecule has 74 valence electrons. The van der Waals surface area contributed by atoms with E-state index in [9.17, 15) is 0 Å². The lowest BCUT2D eigenvalue weighted by Gasteiger charge is -1.96. The maximum absolute atomic E-state index is 3.58. The van der Waals surface area contributed by atoms with Gasteiger partial charge in [0.25, 0.3) is 0 Å². The van der Waals surface area contributed by atoms with E-state index >= 15 is 0 Å². The van der Waals surface area contributed by atoms with Gasteiger partial charge in [0.2, 0.25) is 0 Å². The van der Waals surface area contributed by atoms with E-state index in [1.54, 1.807) is 0 Å². The van der Waals surface area contributed by atoms with Crippen molar-refractivity contribution in [3.8, 4) is 0 Å². The molecular weight excluding hydrogens is 383 g/mol. The number of halogens is 2. The molecule has 0 aliphatic heterocycles. The molecule has 3 aromatic rings. The maximum Gasteiger partial charge on any atom is 0.0366 e. The lowest BCUT2D eigenvalue weighted by molar-refractivity contribution is 1.68. The Balaban J connectivity index is 2.56. The Morgan fingerprint density at radius 2 is 1.80 bits per heavy atom. The first-order chi connectivity index (χ1) is 7.25. The molecule has 2 aromatic carbocycles. The van der Waals surface area contributed by atoms with Gasteiger partial charge in [-0.1, -0.05) is 18.2 Å². The van der Waals surface area contributed by atoms with Crippen LogP contribution in [0, 0.1) is 3.57 Å². The summed E-state index contributed by atoms with van der Waals surface area (Å²) < 4.78 is 5.18. The average Bonchev–Trinajstić information content (AvgIpc) is 2.57. The van der Waals surface area contributed by atoms with E-state index in [1.807, 2.05) is 11.3 Å². The van der Waals surface area contributed by atoms with Crippen LogP contribution in [-0.4, -0.2) is 0 Å². The zero-order chi connectivity index (χ0) is 10.4. The maximum atomic E-state index is 3.58. The first-order valence-electron chi connectivity index (χ1n) is 4.52. The molecule has 0 radical (unpaired) electrons. The molecule has 0 fully saturated rings. The van der Waals surface area contributed by atoms with Crippen molar-refractivity contribution in [1.82, 2.24) is 0 Å². The topological polar surface area (TPSA) is 0 Å².